The van der Waals surface area contributed by atoms with Gasteiger partial charge in [0.15, 0.2) is 0 Å². The first-order valence-electron chi connectivity index (χ1n) is 11.0. The van der Waals surface area contributed by atoms with Crippen LogP contribution in [0.5, 0.6) is 0 Å². The number of urea groups is 1. The van der Waals surface area contributed by atoms with Gasteiger partial charge in [-0.25, -0.2) is 9.69 Å². The second kappa shape index (κ2) is 7.93. The van der Waals surface area contributed by atoms with E-state index in [1.54, 1.807) is 18.2 Å². The number of hydrogen-bond donors (Lipinski definition) is 1. The quantitative estimate of drug-likeness (QED) is 0.561. The lowest BCUT2D eigenvalue weighted by atomic mass is 9.79. The molecular formula is C26H29N3O3. The third-order valence-electron chi connectivity index (χ3n) is 6.43. The first kappa shape index (κ1) is 21.8. The van der Waals surface area contributed by atoms with Gasteiger partial charge in [-0.05, 0) is 81.5 Å². The van der Waals surface area contributed by atoms with Crippen molar-refractivity contribution in [3.8, 4) is 0 Å². The molecule has 4 amide bonds. The summed E-state index contributed by atoms with van der Waals surface area (Å²) in [6.07, 6.45) is 2.59. The largest absolute Gasteiger partial charge is 0.366 e. The third-order valence-corrected chi connectivity index (χ3v) is 6.43. The molecule has 2 aromatic carbocycles. The van der Waals surface area contributed by atoms with Crippen molar-refractivity contribution in [1.29, 1.82) is 0 Å². The molecule has 0 saturated carbocycles. The maximum absolute atomic E-state index is 13.1. The van der Waals surface area contributed by atoms with Crippen LogP contribution in [0.25, 0.3) is 6.08 Å². The van der Waals surface area contributed by atoms with Crippen LogP contribution < -0.4 is 15.1 Å². The highest BCUT2D eigenvalue weighted by Gasteiger charge is 2.38. The molecule has 0 aliphatic carbocycles. The summed E-state index contributed by atoms with van der Waals surface area (Å²) in [5, 5.41) is 2.29. The molecular weight excluding hydrogens is 402 g/mol. The molecule has 0 aromatic heterocycles. The number of rotatable bonds is 3. The summed E-state index contributed by atoms with van der Waals surface area (Å²) in [6.45, 7) is 11.7. The number of imide groups is 2. The number of nitrogens with zero attached hydrogens (tertiary/aromatic N) is 2. The fourth-order valence-electron chi connectivity index (χ4n) is 4.95. The van der Waals surface area contributed by atoms with Crippen LogP contribution >= 0.6 is 0 Å². The number of anilines is 2. The van der Waals surface area contributed by atoms with Crippen molar-refractivity contribution in [3.05, 3.63) is 64.7 Å². The number of aryl methyl sites for hydroxylation is 1. The number of nitrogens with one attached hydrogen (secondary N) is 1. The van der Waals surface area contributed by atoms with Crippen LogP contribution in [0.4, 0.5) is 16.2 Å². The van der Waals surface area contributed by atoms with Crippen molar-refractivity contribution in [2.45, 2.75) is 52.5 Å². The van der Waals surface area contributed by atoms with Gasteiger partial charge in [-0.1, -0.05) is 30.7 Å². The molecule has 4 rings (SSSR count). The minimum Gasteiger partial charge on any atom is -0.366 e. The molecule has 2 heterocycles. The van der Waals surface area contributed by atoms with E-state index >= 15 is 0 Å². The second-order valence-corrected chi connectivity index (χ2v) is 9.27. The Morgan fingerprint density at radius 2 is 1.78 bits per heavy atom. The van der Waals surface area contributed by atoms with Crippen LogP contribution in [0.15, 0.2) is 48.0 Å². The zero-order valence-corrected chi connectivity index (χ0v) is 19.2. The molecule has 2 aliphatic rings. The molecule has 166 valence electrons. The Kier molecular flexibility index (Phi) is 5.41. The normalized spacial score (nSPS) is 21.6. The van der Waals surface area contributed by atoms with E-state index < -0.39 is 17.8 Å². The van der Waals surface area contributed by atoms with Gasteiger partial charge in [0.1, 0.15) is 5.57 Å². The SMILES string of the molecule is CCN1c2ccc(/C=C3\C(=O)NC(=O)N(c4ccc(C)cc4)C3=O)cc2[C@H](C)CC1(C)C. The zero-order chi connectivity index (χ0) is 23.2. The van der Waals surface area contributed by atoms with Gasteiger partial charge < -0.3 is 4.90 Å². The molecule has 6 nitrogen and oxygen atoms in total. The Labute approximate surface area is 188 Å². The maximum atomic E-state index is 13.1. The summed E-state index contributed by atoms with van der Waals surface area (Å²) in [5.74, 6) is -0.946. The third kappa shape index (κ3) is 3.70. The van der Waals surface area contributed by atoms with Crippen molar-refractivity contribution >= 4 is 35.3 Å². The molecule has 32 heavy (non-hydrogen) atoms. The standard InChI is InChI=1S/C26H29N3O3/c1-6-28-22-12-9-18(13-20(22)17(3)15-26(28,4)5)14-21-23(30)27-25(32)29(24(21)31)19-10-7-16(2)8-11-19/h7-14,17H,6,15H2,1-5H3,(H,27,30,32)/b21-14+/t17-/m1/s1. The molecule has 2 aromatic rings. The highest BCUT2D eigenvalue weighted by Crippen LogP contribution is 2.43. The van der Waals surface area contributed by atoms with E-state index in [2.05, 4.69) is 50.0 Å². The number of carbonyl (C=O) groups excluding carboxylic acids is 3. The first-order chi connectivity index (χ1) is 15.1. The molecule has 1 saturated heterocycles. The van der Waals surface area contributed by atoms with E-state index in [0.29, 0.717) is 11.6 Å². The summed E-state index contributed by atoms with van der Waals surface area (Å²) in [4.78, 5) is 41.5. The van der Waals surface area contributed by atoms with Crippen molar-refractivity contribution in [3.63, 3.8) is 0 Å². The monoisotopic (exact) mass is 431 g/mol. The molecule has 1 atom stereocenters. The second-order valence-electron chi connectivity index (χ2n) is 9.27. The van der Waals surface area contributed by atoms with Crippen LogP contribution in [0.2, 0.25) is 0 Å². The number of benzene rings is 2. The molecule has 1 N–H and O–H groups in total. The van der Waals surface area contributed by atoms with E-state index in [1.807, 2.05) is 25.1 Å². The number of hydrogen-bond acceptors (Lipinski definition) is 4. The van der Waals surface area contributed by atoms with E-state index in [0.717, 1.165) is 29.0 Å². The van der Waals surface area contributed by atoms with Gasteiger partial charge in [-0.3, -0.25) is 14.9 Å². The van der Waals surface area contributed by atoms with Crippen molar-refractivity contribution < 1.29 is 14.4 Å². The molecule has 2 aliphatic heterocycles. The zero-order valence-electron chi connectivity index (χ0n) is 19.2. The van der Waals surface area contributed by atoms with Crippen molar-refractivity contribution in [2.24, 2.45) is 0 Å². The van der Waals surface area contributed by atoms with Gasteiger partial charge in [-0.15, -0.1) is 0 Å². The summed E-state index contributed by atoms with van der Waals surface area (Å²) >= 11 is 0. The highest BCUT2D eigenvalue weighted by atomic mass is 16.2. The first-order valence-corrected chi connectivity index (χ1v) is 11.0. The highest BCUT2D eigenvalue weighted by molar-refractivity contribution is 6.39. The average Bonchev–Trinajstić information content (AvgIpc) is 2.72. The van der Waals surface area contributed by atoms with Crippen LogP contribution in [0, 0.1) is 6.92 Å². The van der Waals surface area contributed by atoms with Gasteiger partial charge in [-0.2, -0.15) is 0 Å². The van der Waals surface area contributed by atoms with Crippen LogP contribution in [-0.4, -0.2) is 29.9 Å². The van der Waals surface area contributed by atoms with E-state index in [4.69, 9.17) is 0 Å². The number of amides is 4. The van der Waals surface area contributed by atoms with Crippen molar-refractivity contribution in [2.75, 3.05) is 16.3 Å². The molecule has 0 unspecified atom stereocenters. The van der Waals surface area contributed by atoms with Crippen LogP contribution in [0.1, 0.15) is 56.7 Å². The molecule has 0 bridgehead atoms. The number of fused-ring (bicyclic) bond motifs is 1. The Morgan fingerprint density at radius 1 is 1.09 bits per heavy atom. The Bertz CT molecular complexity index is 1130. The van der Waals surface area contributed by atoms with E-state index in [-0.39, 0.29) is 11.1 Å². The van der Waals surface area contributed by atoms with Gasteiger partial charge >= 0.3 is 6.03 Å². The summed E-state index contributed by atoms with van der Waals surface area (Å²) < 4.78 is 0. The number of barbiturate groups is 1. The molecule has 6 heteroatoms. The fourth-order valence-corrected chi connectivity index (χ4v) is 4.95. The minimum absolute atomic E-state index is 0.0544. The maximum Gasteiger partial charge on any atom is 0.335 e. The lowest BCUT2D eigenvalue weighted by Crippen LogP contribution is -2.54. The summed E-state index contributed by atoms with van der Waals surface area (Å²) in [7, 11) is 0. The Hall–Kier alpha value is -3.41. The average molecular weight is 432 g/mol. The lowest BCUT2D eigenvalue weighted by Gasteiger charge is -2.47. The Balaban J connectivity index is 1.72. The van der Waals surface area contributed by atoms with Crippen LogP contribution in [-0.2, 0) is 9.59 Å². The van der Waals surface area contributed by atoms with Gasteiger partial charge in [0.05, 0.1) is 5.69 Å². The van der Waals surface area contributed by atoms with Crippen LogP contribution in [0.3, 0.4) is 0 Å². The fraction of sp³-hybridized carbons (Fsp3) is 0.346. The van der Waals surface area contributed by atoms with E-state index in [1.165, 1.54) is 11.3 Å². The Morgan fingerprint density at radius 3 is 2.44 bits per heavy atom. The predicted molar refractivity (Wildman–Crippen MR) is 127 cm³/mol. The summed E-state index contributed by atoms with van der Waals surface area (Å²) in [5.41, 5.74) is 4.61. The summed E-state index contributed by atoms with van der Waals surface area (Å²) in [6, 6.07) is 12.3. The van der Waals surface area contributed by atoms with Crippen molar-refractivity contribution in [1.82, 2.24) is 5.32 Å². The van der Waals surface area contributed by atoms with Gasteiger partial charge in [0.2, 0.25) is 0 Å². The molecule has 0 spiro atoms. The number of carbonyl (C=O) groups is 3. The molecule has 0 radical (unpaired) electrons. The minimum atomic E-state index is -0.735. The van der Waals surface area contributed by atoms with Gasteiger partial charge in [0, 0.05) is 17.8 Å². The van der Waals surface area contributed by atoms with Gasteiger partial charge in [0.25, 0.3) is 11.8 Å². The molecule has 1 fully saturated rings. The topological polar surface area (TPSA) is 69.7 Å². The lowest BCUT2D eigenvalue weighted by molar-refractivity contribution is -0.122. The smallest absolute Gasteiger partial charge is 0.335 e. The predicted octanol–water partition coefficient (Wildman–Crippen LogP) is 4.77. The van der Waals surface area contributed by atoms with E-state index in [9.17, 15) is 14.4 Å².